The van der Waals surface area contributed by atoms with Crippen molar-refractivity contribution in [3.8, 4) is 17.2 Å². The molecule has 0 aromatic heterocycles. The summed E-state index contributed by atoms with van der Waals surface area (Å²) in [6.07, 6.45) is 1.67. The van der Waals surface area contributed by atoms with Crippen molar-refractivity contribution in [1.82, 2.24) is 4.90 Å². The molecule has 24 heavy (non-hydrogen) atoms. The van der Waals surface area contributed by atoms with E-state index in [-0.39, 0.29) is 11.9 Å². The summed E-state index contributed by atoms with van der Waals surface area (Å²) in [6.45, 7) is 8.54. The minimum absolute atomic E-state index is 0.0214. The predicted molar refractivity (Wildman–Crippen MR) is 93.1 cm³/mol. The van der Waals surface area contributed by atoms with Crippen molar-refractivity contribution in [3.63, 3.8) is 0 Å². The Kier molecular flexibility index (Phi) is 6.73. The molecule has 1 saturated heterocycles. The molecule has 1 aromatic carbocycles. The van der Waals surface area contributed by atoms with Gasteiger partial charge >= 0.3 is 0 Å². The highest BCUT2D eigenvalue weighted by Crippen LogP contribution is 2.39. The quantitative estimate of drug-likeness (QED) is 0.828. The Morgan fingerprint density at radius 1 is 1.04 bits per heavy atom. The maximum Gasteiger partial charge on any atom is 0.254 e. The van der Waals surface area contributed by atoms with E-state index < -0.39 is 0 Å². The lowest BCUT2D eigenvalue weighted by atomic mass is 10.0. The summed E-state index contributed by atoms with van der Waals surface area (Å²) in [4.78, 5) is 14.7. The first kappa shape index (κ1) is 18.4. The molecule has 2 N–H and O–H groups in total. The van der Waals surface area contributed by atoms with Gasteiger partial charge in [-0.1, -0.05) is 0 Å². The van der Waals surface area contributed by atoms with Crippen molar-refractivity contribution in [2.75, 3.05) is 32.9 Å². The number of likely N-dealkylation sites (tertiary alicyclic amines) is 1. The summed E-state index contributed by atoms with van der Waals surface area (Å²) in [5.74, 6) is 1.62. The highest BCUT2D eigenvalue weighted by atomic mass is 16.5. The van der Waals surface area contributed by atoms with Crippen LogP contribution in [0, 0.1) is 0 Å². The Morgan fingerprint density at radius 2 is 1.54 bits per heavy atom. The number of nitrogens with zero attached hydrogens (tertiary/aromatic N) is 1. The Labute approximate surface area is 143 Å². The summed E-state index contributed by atoms with van der Waals surface area (Å²) in [5, 5.41) is 0. The zero-order chi connectivity index (χ0) is 17.5. The molecule has 0 bridgehead atoms. The highest BCUT2D eigenvalue weighted by Gasteiger charge is 2.24. The molecule has 0 aliphatic carbocycles. The molecule has 1 heterocycles. The lowest BCUT2D eigenvalue weighted by Gasteiger charge is -2.30. The fourth-order valence-electron chi connectivity index (χ4n) is 2.80. The third-order valence-corrected chi connectivity index (χ3v) is 3.98. The molecule has 0 atom stereocenters. The minimum Gasteiger partial charge on any atom is -0.490 e. The van der Waals surface area contributed by atoms with Gasteiger partial charge in [0.25, 0.3) is 5.91 Å². The van der Waals surface area contributed by atoms with Crippen LogP contribution in [0.4, 0.5) is 0 Å². The van der Waals surface area contributed by atoms with Gasteiger partial charge in [0.1, 0.15) is 0 Å². The number of rotatable bonds is 7. The average Bonchev–Trinajstić information content (AvgIpc) is 2.58. The van der Waals surface area contributed by atoms with Crippen LogP contribution in [0.3, 0.4) is 0 Å². The maximum atomic E-state index is 12.8. The predicted octanol–water partition coefficient (Wildman–Crippen LogP) is 2.45. The van der Waals surface area contributed by atoms with Crippen LogP contribution in [0.5, 0.6) is 17.2 Å². The van der Waals surface area contributed by atoms with Gasteiger partial charge in [0, 0.05) is 24.7 Å². The average molecular weight is 336 g/mol. The van der Waals surface area contributed by atoms with Gasteiger partial charge in [0.15, 0.2) is 11.5 Å². The molecule has 1 aliphatic heterocycles. The Balaban J connectivity index is 2.33. The minimum atomic E-state index is -0.0214. The number of carbonyl (C=O) groups excluding carboxylic acids is 1. The summed E-state index contributed by atoms with van der Waals surface area (Å²) >= 11 is 0. The van der Waals surface area contributed by atoms with Crippen molar-refractivity contribution in [1.29, 1.82) is 0 Å². The largest absolute Gasteiger partial charge is 0.490 e. The third-order valence-electron chi connectivity index (χ3n) is 3.98. The van der Waals surface area contributed by atoms with Gasteiger partial charge in [-0.05, 0) is 45.7 Å². The first-order valence-corrected chi connectivity index (χ1v) is 8.71. The lowest BCUT2D eigenvalue weighted by Crippen LogP contribution is -2.42. The van der Waals surface area contributed by atoms with E-state index in [0.717, 1.165) is 12.8 Å². The third kappa shape index (κ3) is 4.32. The second kappa shape index (κ2) is 8.78. The zero-order valence-electron chi connectivity index (χ0n) is 14.8. The molecule has 0 radical (unpaired) electrons. The van der Waals surface area contributed by atoms with Crippen molar-refractivity contribution in [3.05, 3.63) is 17.7 Å². The van der Waals surface area contributed by atoms with Gasteiger partial charge in [-0.2, -0.15) is 0 Å². The van der Waals surface area contributed by atoms with E-state index in [1.807, 2.05) is 25.7 Å². The maximum absolute atomic E-state index is 12.8. The van der Waals surface area contributed by atoms with E-state index in [0.29, 0.717) is 55.7 Å². The Hall–Kier alpha value is -1.95. The summed E-state index contributed by atoms with van der Waals surface area (Å²) in [7, 11) is 0. The van der Waals surface area contributed by atoms with E-state index in [9.17, 15) is 4.79 Å². The monoisotopic (exact) mass is 336 g/mol. The molecule has 1 aliphatic rings. The molecule has 1 amide bonds. The van der Waals surface area contributed by atoms with E-state index in [1.165, 1.54) is 0 Å². The van der Waals surface area contributed by atoms with Crippen LogP contribution in [0.25, 0.3) is 0 Å². The summed E-state index contributed by atoms with van der Waals surface area (Å²) in [6, 6.07) is 3.68. The van der Waals surface area contributed by atoms with Crippen molar-refractivity contribution < 1.29 is 19.0 Å². The molecule has 1 fully saturated rings. The van der Waals surface area contributed by atoms with Crippen LogP contribution in [0.1, 0.15) is 44.0 Å². The first-order chi connectivity index (χ1) is 11.6. The number of piperidine rings is 1. The second-order valence-electron chi connectivity index (χ2n) is 5.73. The van der Waals surface area contributed by atoms with Crippen molar-refractivity contribution >= 4 is 5.91 Å². The molecule has 1 aromatic rings. The number of nitrogens with two attached hydrogens (primary N) is 1. The molecule has 134 valence electrons. The van der Waals surface area contributed by atoms with Gasteiger partial charge in [-0.3, -0.25) is 4.79 Å². The molecular formula is C18H28N2O4. The number of benzene rings is 1. The van der Waals surface area contributed by atoms with Gasteiger partial charge in [-0.15, -0.1) is 0 Å². The second-order valence-corrected chi connectivity index (χ2v) is 5.73. The van der Waals surface area contributed by atoms with Crippen LogP contribution < -0.4 is 19.9 Å². The number of amides is 1. The van der Waals surface area contributed by atoms with Crippen LogP contribution in [0.2, 0.25) is 0 Å². The Bertz CT molecular complexity index is 527. The SMILES string of the molecule is CCOc1cc(C(=O)N2CCC(N)CC2)cc(OCC)c1OCC. The standard InChI is InChI=1S/C18H28N2O4/c1-4-22-15-11-13(12-16(23-5-2)17(15)24-6-3)18(21)20-9-7-14(19)8-10-20/h11-12,14H,4-10,19H2,1-3H3. The van der Waals surface area contributed by atoms with Crippen LogP contribution in [0.15, 0.2) is 12.1 Å². The van der Waals surface area contributed by atoms with E-state index in [2.05, 4.69) is 0 Å². The number of hydrogen-bond donors (Lipinski definition) is 1. The Morgan fingerprint density at radius 3 is 2.00 bits per heavy atom. The van der Waals surface area contributed by atoms with Crippen LogP contribution >= 0.6 is 0 Å². The molecule has 2 rings (SSSR count). The highest BCUT2D eigenvalue weighted by molar-refractivity contribution is 5.95. The van der Waals surface area contributed by atoms with E-state index in [1.54, 1.807) is 12.1 Å². The molecule has 6 nitrogen and oxygen atoms in total. The van der Waals surface area contributed by atoms with E-state index >= 15 is 0 Å². The topological polar surface area (TPSA) is 74.0 Å². The summed E-state index contributed by atoms with van der Waals surface area (Å²) in [5.41, 5.74) is 6.48. The van der Waals surface area contributed by atoms with Crippen LogP contribution in [-0.2, 0) is 0 Å². The molecule has 6 heteroatoms. The van der Waals surface area contributed by atoms with Crippen LogP contribution in [-0.4, -0.2) is 49.8 Å². The molecule has 0 spiro atoms. The van der Waals surface area contributed by atoms with Gasteiger partial charge < -0.3 is 24.8 Å². The smallest absolute Gasteiger partial charge is 0.254 e. The number of carbonyl (C=O) groups is 1. The fourth-order valence-corrected chi connectivity index (χ4v) is 2.80. The lowest BCUT2D eigenvalue weighted by molar-refractivity contribution is 0.0713. The van der Waals surface area contributed by atoms with E-state index in [4.69, 9.17) is 19.9 Å². The molecule has 0 saturated carbocycles. The van der Waals surface area contributed by atoms with Gasteiger partial charge in [0.2, 0.25) is 5.75 Å². The van der Waals surface area contributed by atoms with Gasteiger partial charge in [0.05, 0.1) is 19.8 Å². The van der Waals surface area contributed by atoms with Crippen molar-refractivity contribution in [2.24, 2.45) is 5.73 Å². The fraction of sp³-hybridized carbons (Fsp3) is 0.611. The van der Waals surface area contributed by atoms with Gasteiger partial charge in [-0.25, -0.2) is 0 Å². The summed E-state index contributed by atoms with van der Waals surface area (Å²) < 4.78 is 17.0. The molecule has 0 unspecified atom stereocenters. The number of ether oxygens (including phenoxy) is 3. The van der Waals surface area contributed by atoms with Crippen molar-refractivity contribution in [2.45, 2.75) is 39.7 Å². The normalized spacial score (nSPS) is 15.2. The number of hydrogen-bond acceptors (Lipinski definition) is 5. The molecular weight excluding hydrogens is 308 g/mol. The zero-order valence-corrected chi connectivity index (χ0v) is 14.8. The first-order valence-electron chi connectivity index (χ1n) is 8.71.